The standard InChI is InChI=1S/C12H24N2O3/c1-6-13(7-2)8-9-14-10(15)17-11(3,4)12(14,5)16/h16H,6-9H2,1-5H3. The van der Waals surface area contributed by atoms with E-state index in [0.29, 0.717) is 6.54 Å². The van der Waals surface area contributed by atoms with Gasteiger partial charge in [-0.05, 0) is 33.9 Å². The molecule has 1 heterocycles. The summed E-state index contributed by atoms with van der Waals surface area (Å²) >= 11 is 0. The van der Waals surface area contributed by atoms with Gasteiger partial charge in [-0.25, -0.2) is 4.79 Å². The van der Waals surface area contributed by atoms with Crippen LogP contribution in [-0.2, 0) is 4.74 Å². The van der Waals surface area contributed by atoms with Crippen LogP contribution in [0.2, 0.25) is 0 Å². The molecule has 0 aromatic carbocycles. The number of carbonyl (C=O) groups excluding carboxylic acids is 1. The van der Waals surface area contributed by atoms with Crippen molar-refractivity contribution in [3.05, 3.63) is 0 Å². The van der Waals surface area contributed by atoms with Crippen LogP contribution >= 0.6 is 0 Å². The van der Waals surface area contributed by atoms with Gasteiger partial charge in [0, 0.05) is 13.1 Å². The SMILES string of the molecule is CCN(CC)CCN1C(=O)OC(C)(C)C1(C)O. The van der Waals surface area contributed by atoms with Crippen molar-refractivity contribution in [3.8, 4) is 0 Å². The first kappa shape index (κ1) is 14.3. The van der Waals surface area contributed by atoms with Gasteiger partial charge in [0.25, 0.3) is 0 Å². The van der Waals surface area contributed by atoms with Crippen LogP contribution in [0.3, 0.4) is 0 Å². The van der Waals surface area contributed by atoms with Gasteiger partial charge in [0.05, 0.1) is 0 Å². The second kappa shape index (κ2) is 4.82. The largest absolute Gasteiger partial charge is 0.438 e. The predicted molar refractivity (Wildman–Crippen MR) is 65.7 cm³/mol. The number of nitrogens with zero attached hydrogens (tertiary/aromatic N) is 2. The fourth-order valence-electron chi connectivity index (χ4n) is 1.96. The van der Waals surface area contributed by atoms with Crippen molar-refractivity contribution < 1.29 is 14.6 Å². The molecule has 1 unspecified atom stereocenters. The molecule has 5 nitrogen and oxygen atoms in total. The summed E-state index contributed by atoms with van der Waals surface area (Å²) in [6.45, 7) is 12.3. The van der Waals surface area contributed by atoms with Crippen LogP contribution in [-0.4, -0.2) is 58.5 Å². The lowest BCUT2D eigenvalue weighted by Crippen LogP contribution is -2.55. The molecule has 1 N–H and O–H groups in total. The summed E-state index contributed by atoms with van der Waals surface area (Å²) in [5.74, 6) is 0. The van der Waals surface area contributed by atoms with Crippen LogP contribution in [0.5, 0.6) is 0 Å². The van der Waals surface area contributed by atoms with Gasteiger partial charge in [0.2, 0.25) is 0 Å². The summed E-state index contributed by atoms with van der Waals surface area (Å²) in [4.78, 5) is 15.3. The summed E-state index contributed by atoms with van der Waals surface area (Å²) < 4.78 is 5.19. The monoisotopic (exact) mass is 244 g/mol. The van der Waals surface area contributed by atoms with Gasteiger partial charge in [-0.15, -0.1) is 0 Å². The predicted octanol–water partition coefficient (Wildman–Crippen LogP) is 1.27. The molecule has 0 bridgehead atoms. The molecule has 5 heteroatoms. The normalized spacial score (nSPS) is 27.7. The molecular formula is C12H24N2O3. The van der Waals surface area contributed by atoms with E-state index >= 15 is 0 Å². The second-order valence-electron chi connectivity index (χ2n) is 5.08. The summed E-state index contributed by atoms with van der Waals surface area (Å²) in [7, 11) is 0. The Labute approximate surface area is 103 Å². The Morgan fingerprint density at radius 3 is 2.18 bits per heavy atom. The minimum absolute atomic E-state index is 0.438. The molecule has 1 fully saturated rings. The Morgan fingerprint density at radius 2 is 1.82 bits per heavy atom. The molecule has 1 aliphatic rings. The zero-order valence-corrected chi connectivity index (χ0v) is 11.5. The summed E-state index contributed by atoms with van der Waals surface area (Å²) in [5, 5.41) is 10.4. The van der Waals surface area contributed by atoms with Crippen LogP contribution in [0.25, 0.3) is 0 Å². The van der Waals surface area contributed by atoms with Gasteiger partial charge < -0.3 is 14.7 Å². The lowest BCUT2D eigenvalue weighted by Gasteiger charge is -2.35. The lowest BCUT2D eigenvalue weighted by atomic mass is 9.96. The van der Waals surface area contributed by atoms with Crippen molar-refractivity contribution in [2.45, 2.75) is 45.9 Å². The van der Waals surface area contributed by atoms with Gasteiger partial charge in [-0.1, -0.05) is 13.8 Å². The molecule has 0 aromatic heterocycles. The van der Waals surface area contributed by atoms with E-state index in [2.05, 4.69) is 18.7 Å². The van der Waals surface area contributed by atoms with Gasteiger partial charge in [0.1, 0.15) is 0 Å². The third kappa shape index (κ3) is 2.55. The minimum atomic E-state index is -1.25. The van der Waals surface area contributed by atoms with Crippen LogP contribution < -0.4 is 0 Å². The van der Waals surface area contributed by atoms with Crippen LogP contribution in [0, 0.1) is 0 Å². The zero-order valence-electron chi connectivity index (χ0n) is 11.5. The van der Waals surface area contributed by atoms with E-state index in [1.165, 1.54) is 4.90 Å². The zero-order chi connectivity index (χ0) is 13.3. The first-order valence-electron chi connectivity index (χ1n) is 6.21. The van der Waals surface area contributed by atoms with Crippen molar-refractivity contribution in [1.29, 1.82) is 0 Å². The lowest BCUT2D eigenvalue weighted by molar-refractivity contribution is -0.128. The maximum atomic E-state index is 11.7. The second-order valence-corrected chi connectivity index (χ2v) is 5.08. The number of rotatable bonds is 5. The Bertz CT molecular complexity index is 285. The van der Waals surface area contributed by atoms with E-state index in [-0.39, 0.29) is 0 Å². The number of hydrogen-bond acceptors (Lipinski definition) is 4. The topological polar surface area (TPSA) is 53.0 Å². The number of amides is 1. The van der Waals surface area contributed by atoms with Crippen molar-refractivity contribution in [3.63, 3.8) is 0 Å². The number of cyclic esters (lactones) is 1. The Balaban J connectivity index is 2.68. The summed E-state index contributed by atoms with van der Waals surface area (Å²) in [5.41, 5.74) is -2.12. The van der Waals surface area contributed by atoms with Crippen molar-refractivity contribution in [2.75, 3.05) is 26.2 Å². The van der Waals surface area contributed by atoms with Crippen LogP contribution in [0.4, 0.5) is 4.79 Å². The molecule has 0 saturated carbocycles. The Morgan fingerprint density at radius 1 is 1.29 bits per heavy atom. The van der Waals surface area contributed by atoms with Gasteiger partial charge >= 0.3 is 6.09 Å². The summed E-state index contributed by atoms with van der Waals surface area (Å²) in [6.07, 6.45) is -0.438. The number of carbonyl (C=O) groups is 1. The number of hydrogen-bond donors (Lipinski definition) is 1. The van der Waals surface area contributed by atoms with Crippen molar-refractivity contribution >= 4 is 6.09 Å². The maximum absolute atomic E-state index is 11.7. The molecule has 1 atom stereocenters. The number of aliphatic hydroxyl groups is 1. The fourth-order valence-corrected chi connectivity index (χ4v) is 1.96. The molecule has 0 aliphatic carbocycles. The van der Waals surface area contributed by atoms with Gasteiger partial charge in [0.15, 0.2) is 11.3 Å². The van der Waals surface area contributed by atoms with Gasteiger partial charge in [-0.3, -0.25) is 4.90 Å². The van der Waals surface area contributed by atoms with E-state index in [0.717, 1.165) is 19.6 Å². The molecule has 1 saturated heterocycles. The highest BCUT2D eigenvalue weighted by molar-refractivity contribution is 5.72. The molecular weight excluding hydrogens is 220 g/mol. The van der Waals surface area contributed by atoms with E-state index in [1.54, 1.807) is 20.8 Å². The van der Waals surface area contributed by atoms with Crippen LogP contribution in [0.1, 0.15) is 34.6 Å². The number of likely N-dealkylation sites (N-methyl/N-ethyl adjacent to an activating group) is 1. The molecule has 0 radical (unpaired) electrons. The highest BCUT2D eigenvalue weighted by atomic mass is 16.6. The van der Waals surface area contributed by atoms with Crippen molar-refractivity contribution in [1.82, 2.24) is 9.80 Å². The third-order valence-corrected chi connectivity index (χ3v) is 3.76. The first-order chi connectivity index (χ1) is 7.76. The average Bonchev–Trinajstić information content (AvgIpc) is 2.37. The van der Waals surface area contributed by atoms with E-state index < -0.39 is 17.4 Å². The molecule has 1 aliphatic heterocycles. The molecule has 1 rings (SSSR count). The average molecular weight is 244 g/mol. The Hall–Kier alpha value is -0.810. The van der Waals surface area contributed by atoms with E-state index in [4.69, 9.17) is 4.74 Å². The maximum Gasteiger partial charge on any atom is 0.412 e. The first-order valence-corrected chi connectivity index (χ1v) is 6.21. The quantitative estimate of drug-likeness (QED) is 0.791. The highest BCUT2D eigenvalue weighted by Gasteiger charge is 2.56. The molecule has 0 aromatic rings. The van der Waals surface area contributed by atoms with Gasteiger partial charge in [-0.2, -0.15) is 0 Å². The fraction of sp³-hybridized carbons (Fsp3) is 0.917. The molecule has 17 heavy (non-hydrogen) atoms. The molecule has 100 valence electrons. The third-order valence-electron chi connectivity index (χ3n) is 3.76. The van der Waals surface area contributed by atoms with Crippen molar-refractivity contribution in [2.24, 2.45) is 0 Å². The minimum Gasteiger partial charge on any atom is -0.438 e. The molecule has 0 spiro atoms. The van der Waals surface area contributed by atoms with Crippen LogP contribution in [0.15, 0.2) is 0 Å². The summed E-state index contributed by atoms with van der Waals surface area (Å²) in [6, 6.07) is 0. The smallest absolute Gasteiger partial charge is 0.412 e. The number of ether oxygens (including phenoxy) is 1. The highest BCUT2D eigenvalue weighted by Crippen LogP contribution is 2.36. The molecule has 1 amide bonds. The van der Waals surface area contributed by atoms with E-state index in [9.17, 15) is 9.90 Å². The Kier molecular flexibility index (Phi) is 4.04. The van der Waals surface area contributed by atoms with E-state index in [1.807, 2.05) is 0 Å².